The largest absolute Gasteiger partial charge is 0.283 e. The average Bonchev–Trinajstić information content (AvgIpc) is 3.03. The van der Waals surface area contributed by atoms with Crippen LogP contribution in [0, 0.1) is 27.7 Å². The van der Waals surface area contributed by atoms with E-state index in [9.17, 15) is 19.2 Å². The number of rotatable bonds is 7. The number of amides is 4. The highest BCUT2D eigenvalue weighted by Gasteiger charge is 2.41. The fourth-order valence-corrected chi connectivity index (χ4v) is 8.23. The van der Waals surface area contributed by atoms with Crippen LogP contribution in [0.1, 0.15) is 105 Å². The Kier molecular flexibility index (Phi) is 12.8. The summed E-state index contributed by atoms with van der Waals surface area (Å²) in [5.41, 5.74) is 2.98. The third-order valence-corrected chi connectivity index (χ3v) is 10.2. The molecule has 0 fully saturated rings. The molecule has 4 aromatic carbocycles. The van der Waals surface area contributed by atoms with Gasteiger partial charge in [0.2, 0.25) is 0 Å². The second-order valence-corrected chi connectivity index (χ2v) is 17.4. The van der Waals surface area contributed by atoms with E-state index in [-0.39, 0.29) is 11.1 Å². The summed E-state index contributed by atoms with van der Waals surface area (Å²) >= 11 is 12.4. The zero-order chi connectivity index (χ0) is 38.7. The quantitative estimate of drug-likeness (QED) is 0.106. The van der Waals surface area contributed by atoms with Gasteiger partial charge in [-0.2, -0.15) is 8.83 Å². The first kappa shape index (κ1) is 40.8. The van der Waals surface area contributed by atoms with Crippen molar-refractivity contribution >= 4 is 68.8 Å². The predicted octanol–water partition coefficient (Wildman–Crippen LogP) is 10.7. The first-order valence-corrected chi connectivity index (χ1v) is 19.4. The highest BCUT2D eigenvalue weighted by Crippen LogP contribution is 2.40. The van der Waals surface area contributed by atoms with Crippen LogP contribution in [0.3, 0.4) is 0 Å². The Morgan fingerprint density at radius 1 is 0.442 bits per heavy atom. The number of nitrogens with zero attached hydrogens (tertiary/aromatic N) is 4. The van der Waals surface area contributed by atoms with Crippen LogP contribution in [0.15, 0.2) is 84.9 Å². The molecule has 4 rings (SSSR count). The maximum absolute atomic E-state index is 14.6. The summed E-state index contributed by atoms with van der Waals surface area (Å²) in [7, 11) is 1.70. The van der Waals surface area contributed by atoms with Crippen molar-refractivity contribution in [2.45, 2.75) is 80.3 Å². The van der Waals surface area contributed by atoms with Crippen molar-refractivity contribution in [2.75, 3.05) is 0 Å². The minimum atomic E-state index is -0.936. The van der Waals surface area contributed by atoms with E-state index < -0.39 is 34.7 Å². The second kappa shape index (κ2) is 16.4. The number of hydrogen-bond donors (Lipinski definition) is 0. The highest BCUT2D eigenvalue weighted by atomic mass is 35.5. The number of hydrogen-bond acceptors (Lipinski definition) is 6. The molecule has 4 aromatic rings. The Hall–Kier alpha value is -3.96. The number of hydrazine groups is 2. The van der Waals surface area contributed by atoms with Gasteiger partial charge in [0, 0.05) is 32.3 Å². The van der Waals surface area contributed by atoms with Crippen molar-refractivity contribution in [3.05, 3.63) is 139 Å². The lowest BCUT2D eigenvalue weighted by Crippen LogP contribution is -2.57. The molecule has 0 N–H and O–H groups in total. The van der Waals surface area contributed by atoms with Crippen LogP contribution in [0.4, 0.5) is 0 Å². The van der Waals surface area contributed by atoms with Gasteiger partial charge in [-0.3, -0.25) is 19.2 Å². The van der Waals surface area contributed by atoms with Crippen molar-refractivity contribution in [1.29, 1.82) is 0 Å². The molecule has 0 aliphatic heterocycles. The fraction of sp³-hybridized carbons (Fsp3) is 0.300. The molecular formula is C40H44Cl2N4O4S2. The van der Waals surface area contributed by atoms with Crippen molar-refractivity contribution in [2.24, 2.45) is 0 Å². The molecule has 8 nitrogen and oxygen atoms in total. The molecule has 52 heavy (non-hydrogen) atoms. The topological polar surface area (TPSA) is 81.2 Å². The van der Waals surface area contributed by atoms with Crippen LogP contribution in [0.2, 0.25) is 10.0 Å². The normalized spacial score (nSPS) is 11.5. The van der Waals surface area contributed by atoms with Gasteiger partial charge in [-0.1, -0.05) is 57.6 Å². The van der Waals surface area contributed by atoms with Crippen LogP contribution in [-0.2, 0) is 0 Å². The van der Waals surface area contributed by atoms with E-state index in [1.807, 2.05) is 81.4 Å². The number of aryl methyl sites for hydroxylation is 4. The summed E-state index contributed by atoms with van der Waals surface area (Å²) in [5, 5.41) is 3.64. The average molecular weight is 780 g/mol. The van der Waals surface area contributed by atoms with Gasteiger partial charge in [0.25, 0.3) is 23.6 Å². The zero-order valence-corrected chi connectivity index (χ0v) is 34.2. The van der Waals surface area contributed by atoms with Gasteiger partial charge in [-0.15, -0.1) is 0 Å². The van der Waals surface area contributed by atoms with Crippen molar-refractivity contribution in [3.8, 4) is 0 Å². The van der Waals surface area contributed by atoms with Gasteiger partial charge >= 0.3 is 0 Å². The molecule has 0 bridgehead atoms. The maximum Gasteiger partial charge on any atom is 0.283 e. The molecule has 0 spiro atoms. The second-order valence-electron chi connectivity index (χ2n) is 14.6. The minimum absolute atomic E-state index is 0.259. The molecule has 0 saturated heterocycles. The van der Waals surface area contributed by atoms with E-state index in [1.54, 1.807) is 72.8 Å². The van der Waals surface area contributed by atoms with Crippen molar-refractivity contribution < 1.29 is 19.2 Å². The summed E-state index contributed by atoms with van der Waals surface area (Å²) in [6.07, 6.45) is 0. The van der Waals surface area contributed by atoms with E-state index in [1.165, 1.54) is 18.8 Å². The molecule has 0 radical (unpaired) electrons. The van der Waals surface area contributed by atoms with Gasteiger partial charge in [-0.05, 0) is 142 Å². The van der Waals surface area contributed by atoms with Gasteiger partial charge in [0.05, 0.1) is 33.0 Å². The Labute approximate surface area is 325 Å². The SMILES string of the molecule is Cc1cc(C)cc(C(=O)N(N(SSN(C(=O)c2ccc(Cl)cc2)N(C(=O)c2cc(C)cc(C)c2)C(C)(C)C)C(=O)c2ccc(Cl)cc2)C(C)(C)C)c1. The smallest absolute Gasteiger partial charge is 0.267 e. The Morgan fingerprint density at radius 2 is 0.712 bits per heavy atom. The molecule has 0 aliphatic rings. The van der Waals surface area contributed by atoms with Crippen LogP contribution in [-0.4, -0.2) is 53.6 Å². The lowest BCUT2D eigenvalue weighted by molar-refractivity contribution is -0.00155. The fourth-order valence-electron chi connectivity index (χ4n) is 5.55. The summed E-state index contributed by atoms with van der Waals surface area (Å²) in [5.74, 6) is -1.93. The monoisotopic (exact) mass is 778 g/mol. The van der Waals surface area contributed by atoms with Gasteiger partial charge in [-0.25, -0.2) is 10.0 Å². The van der Waals surface area contributed by atoms with Gasteiger partial charge in [0.1, 0.15) is 0 Å². The van der Waals surface area contributed by atoms with Crippen LogP contribution in [0.5, 0.6) is 0 Å². The van der Waals surface area contributed by atoms with E-state index in [0.717, 1.165) is 44.2 Å². The van der Waals surface area contributed by atoms with E-state index in [4.69, 9.17) is 23.2 Å². The van der Waals surface area contributed by atoms with Crippen molar-refractivity contribution in [1.82, 2.24) is 18.8 Å². The third-order valence-electron chi connectivity index (χ3n) is 7.66. The maximum atomic E-state index is 14.6. The van der Waals surface area contributed by atoms with E-state index in [0.29, 0.717) is 21.2 Å². The molecule has 274 valence electrons. The van der Waals surface area contributed by atoms with Crippen LogP contribution in [0.25, 0.3) is 0 Å². The van der Waals surface area contributed by atoms with Crippen molar-refractivity contribution in [3.63, 3.8) is 0 Å². The molecule has 0 atom stereocenters. The molecule has 4 amide bonds. The van der Waals surface area contributed by atoms with Gasteiger partial charge in [0.15, 0.2) is 0 Å². The first-order chi connectivity index (χ1) is 24.2. The predicted molar refractivity (Wildman–Crippen MR) is 214 cm³/mol. The summed E-state index contributed by atoms with van der Waals surface area (Å²) in [6.45, 7) is 18.5. The van der Waals surface area contributed by atoms with Crippen LogP contribution < -0.4 is 0 Å². The number of halogens is 2. The molecule has 12 heteroatoms. The minimum Gasteiger partial charge on any atom is -0.267 e. The Morgan fingerprint density at radius 3 is 0.962 bits per heavy atom. The van der Waals surface area contributed by atoms with Crippen LogP contribution >= 0.6 is 45.2 Å². The van der Waals surface area contributed by atoms with E-state index >= 15 is 0 Å². The molecular weight excluding hydrogens is 736 g/mol. The van der Waals surface area contributed by atoms with Gasteiger partial charge < -0.3 is 0 Å². The molecule has 0 aliphatic carbocycles. The molecule has 0 aromatic heterocycles. The molecule has 0 heterocycles. The standard InChI is InChI=1S/C40H44Cl2N4O4S2/c1-25-19-26(2)22-31(21-25)35(47)43(39(5,6)7)45(37(49)29-11-15-33(41)16-12-29)51-52-46(38(50)30-13-17-34(42)18-14-30)44(40(8,9)10)36(48)32-23-27(3)20-28(4)24-32/h11-24H,1-10H3. The third kappa shape index (κ3) is 9.92. The molecule has 0 saturated carbocycles. The summed E-state index contributed by atoms with van der Waals surface area (Å²) in [6, 6.07) is 23.7. The lowest BCUT2D eigenvalue weighted by atomic mass is 10.0. The zero-order valence-electron chi connectivity index (χ0n) is 31.1. The summed E-state index contributed by atoms with van der Waals surface area (Å²) < 4.78 is 2.50. The Balaban J connectivity index is 1.90. The number of carbonyl (C=O) groups excluding carboxylic acids is 4. The first-order valence-electron chi connectivity index (χ1n) is 16.6. The lowest BCUT2D eigenvalue weighted by Gasteiger charge is -2.45. The molecule has 0 unspecified atom stereocenters. The number of benzene rings is 4. The van der Waals surface area contributed by atoms with E-state index in [2.05, 4.69) is 0 Å². The Bertz CT molecular complexity index is 1790. The number of carbonyl (C=O) groups is 4. The summed E-state index contributed by atoms with van der Waals surface area (Å²) in [4.78, 5) is 58.2. The highest BCUT2D eigenvalue weighted by molar-refractivity contribution is 8.75.